The summed E-state index contributed by atoms with van der Waals surface area (Å²) in [5.74, 6) is 0.872. The molecule has 2 rings (SSSR count). The highest BCUT2D eigenvalue weighted by Gasteiger charge is 2.00. The molecular formula is C14H20N4O. The molecule has 1 aromatic heterocycles. The van der Waals surface area contributed by atoms with Crippen LogP contribution in [0.2, 0.25) is 0 Å². The smallest absolute Gasteiger partial charge is 0.119 e. The highest BCUT2D eigenvalue weighted by molar-refractivity contribution is 5.47. The van der Waals surface area contributed by atoms with Gasteiger partial charge in [0, 0.05) is 32.5 Å². The molecule has 5 heteroatoms. The number of imidazole rings is 1. The molecule has 0 aliphatic rings. The summed E-state index contributed by atoms with van der Waals surface area (Å²) < 4.78 is 7.22. The lowest BCUT2D eigenvalue weighted by Crippen LogP contribution is -2.35. The Hall–Kier alpha value is -2.01. The lowest BCUT2D eigenvalue weighted by atomic mass is 10.3. The monoisotopic (exact) mass is 260 g/mol. The molecule has 0 radical (unpaired) electrons. The lowest BCUT2D eigenvalue weighted by Gasteiger charge is -2.20. The molecule has 19 heavy (non-hydrogen) atoms. The van der Waals surface area contributed by atoms with Crippen LogP contribution in [0.15, 0.2) is 43.0 Å². The Kier molecular flexibility index (Phi) is 4.80. The summed E-state index contributed by atoms with van der Waals surface area (Å²) in [6, 6.07) is 7.97. The summed E-state index contributed by atoms with van der Waals surface area (Å²) in [5.41, 5.74) is 4.47. The largest absolute Gasteiger partial charge is 0.497 e. The molecule has 1 N–H and O–H groups in total. The van der Waals surface area contributed by atoms with Crippen LogP contribution in [0, 0.1) is 0 Å². The van der Waals surface area contributed by atoms with Gasteiger partial charge in [0.15, 0.2) is 0 Å². The second-order valence-electron chi connectivity index (χ2n) is 4.32. The van der Waals surface area contributed by atoms with Gasteiger partial charge in [-0.25, -0.2) is 10.4 Å². The van der Waals surface area contributed by atoms with Gasteiger partial charge in [0.2, 0.25) is 0 Å². The first-order valence-electron chi connectivity index (χ1n) is 6.36. The standard InChI is InChI=1S/C14H20N4O/c1-17(13-4-6-14(19-2)7-5-13)16-8-3-10-18-11-9-15-12-18/h4-7,9,11-12,16H,3,8,10H2,1-2H3. The van der Waals surface area contributed by atoms with Gasteiger partial charge in [0.05, 0.1) is 19.1 Å². The number of hydrogen-bond acceptors (Lipinski definition) is 4. The summed E-state index contributed by atoms with van der Waals surface area (Å²) in [4.78, 5) is 4.02. The Morgan fingerprint density at radius 2 is 2.11 bits per heavy atom. The average molecular weight is 260 g/mol. The zero-order chi connectivity index (χ0) is 13.5. The fraction of sp³-hybridized carbons (Fsp3) is 0.357. The first-order chi connectivity index (χ1) is 9.29. The quantitative estimate of drug-likeness (QED) is 0.610. The molecule has 0 aliphatic heterocycles. The van der Waals surface area contributed by atoms with E-state index in [4.69, 9.17) is 4.74 Å². The van der Waals surface area contributed by atoms with Crippen molar-refractivity contribution in [3.63, 3.8) is 0 Å². The number of ether oxygens (including phenoxy) is 1. The third-order valence-electron chi connectivity index (χ3n) is 2.96. The van der Waals surface area contributed by atoms with Crippen LogP contribution in [-0.2, 0) is 6.54 Å². The van der Waals surface area contributed by atoms with E-state index < -0.39 is 0 Å². The molecule has 0 unspecified atom stereocenters. The second kappa shape index (κ2) is 6.80. The average Bonchev–Trinajstić information content (AvgIpc) is 2.96. The van der Waals surface area contributed by atoms with Gasteiger partial charge in [0.25, 0.3) is 0 Å². The van der Waals surface area contributed by atoms with Crippen molar-refractivity contribution in [1.82, 2.24) is 15.0 Å². The van der Waals surface area contributed by atoms with E-state index in [9.17, 15) is 0 Å². The van der Waals surface area contributed by atoms with E-state index in [1.807, 2.05) is 48.8 Å². The van der Waals surface area contributed by atoms with Crippen LogP contribution < -0.4 is 15.2 Å². The zero-order valence-electron chi connectivity index (χ0n) is 11.4. The Labute approximate surface area is 113 Å². The summed E-state index contributed by atoms with van der Waals surface area (Å²) in [6.45, 7) is 1.89. The minimum absolute atomic E-state index is 0.872. The second-order valence-corrected chi connectivity index (χ2v) is 4.32. The van der Waals surface area contributed by atoms with E-state index >= 15 is 0 Å². The minimum Gasteiger partial charge on any atom is -0.497 e. The number of anilines is 1. The van der Waals surface area contributed by atoms with E-state index in [0.29, 0.717) is 0 Å². The summed E-state index contributed by atoms with van der Waals surface area (Å²) in [6.07, 6.45) is 6.67. The van der Waals surface area contributed by atoms with E-state index in [2.05, 4.69) is 15.0 Å². The fourth-order valence-electron chi connectivity index (χ4n) is 1.82. The first kappa shape index (κ1) is 13.4. The predicted molar refractivity (Wildman–Crippen MR) is 76.2 cm³/mol. The van der Waals surface area contributed by atoms with Gasteiger partial charge in [-0.1, -0.05) is 0 Å². The number of aromatic nitrogens is 2. The molecule has 0 saturated carbocycles. The molecular weight excluding hydrogens is 240 g/mol. The van der Waals surface area contributed by atoms with Crippen molar-refractivity contribution in [2.24, 2.45) is 0 Å². The van der Waals surface area contributed by atoms with E-state index in [0.717, 1.165) is 30.9 Å². The van der Waals surface area contributed by atoms with Gasteiger partial charge in [-0.2, -0.15) is 0 Å². The number of benzene rings is 1. The maximum Gasteiger partial charge on any atom is 0.119 e. The van der Waals surface area contributed by atoms with Gasteiger partial charge in [-0.05, 0) is 30.7 Å². The molecule has 0 spiro atoms. The minimum atomic E-state index is 0.872. The van der Waals surface area contributed by atoms with E-state index in [1.54, 1.807) is 13.3 Å². The van der Waals surface area contributed by atoms with Gasteiger partial charge in [0.1, 0.15) is 5.75 Å². The van der Waals surface area contributed by atoms with Crippen LogP contribution in [0.1, 0.15) is 6.42 Å². The van der Waals surface area contributed by atoms with E-state index in [1.165, 1.54) is 0 Å². The van der Waals surface area contributed by atoms with Crippen LogP contribution in [0.5, 0.6) is 5.75 Å². The molecule has 1 aromatic carbocycles. The van der Waals surface area contributed by atoms with Crippen molar-refractivity contribution < 1.29 is 4.74 Å². The van der Waals surface area contributed by atoms with E-state index in [-0.39, 0.29) is 0 Å². The third-order valence-corrected chi connectivity index (χ3v) is 2.96. The molecule has 0 saturated heterocycles. The molecule has 102 valence electrons. The van der Waals surface area contributed by atoms with Crippen LogP contribution in [-0.4, -0.2) is 30.3 Å². The van der Waals surface area contributed by atoms with Crippen molar-refractivity contribution in [3.05, 3.63) is 43.0 Å². The van der Waals surface area contributed by atoms with Crippen LogP contribution in [0.3, 0.4) is 0 Å². The Morgan fingerprint density at radius 3 is 2.74 bits per heavy atom. The molecule has 0 amide bonds. The van der Waals surface area contributed by atoms with Gasteiger partial charge in [-0.3, -0.25) is 0 Å². The van der Waals surface area contributed by atoms with Crippen LogP contribution >= 0.6 is 0 Å². The summed E-state index contributed by atoms with van der Waals surface area (Å²) in [7, 11) is 3.69. The SMILES string of the molecule is COc1ccc(N(C)NCCCn2ccnc2)cc1. The normalized spacial score (nSPS) is 10.4. The number of aryl methyl sites for hydroxylation is 1. The third kappa shape index (κ3) is 3.99. The van der Waals surface area contributed by atoms with Crippen LogP contribution in [0.25, 0.3) is 0 Å². The number of hydrazine groups is 1. The highest BCUT2D eigenvalue weighted by Crippen LogP contribution is 2.16. The molecule has 0 fully saturated rings. The first-order valence-corrected chi connectivity index (χ1v) is 6.36. The van der Waals surface area contributed by atoms with Gasteiger partial charge < -0.3 is 14.3 Å². The van der Waals surface area contributed by atoms with Gasteiger partial charge in [-0.15, -0.1) is 0 Å². The predicted octanol–water partition coefficient (Wildman–Crippen LogP) is 1.92. The number of nitrogens with one attached hydrogen (secondary N) is 1. The molecule has 0 atom stereocenters. The molecule has 0 aliphatic carbocycles. The molecule has 0 bridgehead atoms. The van der Waals surface area contributed by atoms with Gasteiger partial charge >= 0.3 is 0 Å². The molecule has 2 aromatic rings. The van der Waals surface area contributed by atoms with Crippen molar-refractivity contribution in [2.45, 2.75) is 13.0 Å². The molecule has 5 nitrogen and oxygen atoms in total. The van der Waals surface area contributed by atoms with Crippen molar-refractivity contribution >= 4 is 5.69 Å². The Balaban J connectivity index is 1.72. The molecule has 1 heterocycles. The summed E-state index contributed by atoms with van der Waals surface area (Å²) in [5, 5.41) is 2.02. The lowest BCUT2D eigenvalue weighted by molar-refractivity contribution is 0.415. The number of nitrogens with zero attached hydrogens (tertiary/aromatic N) is 3. The highest BCUT2D eigenvalue weighted by atomic mass is 16.5. The van der Waals surface area contributed by atoms with Crippen molar-refractivity contribution in [2.75, 3.05) is 25.7 Å². The zero-order valence-corrected chi connectivity index (χ0v) is 11.4. The Morgan fingerprint density at radius 1 is 1.32 bits per heavy atom. The maximum absolute atomic E-state index is 5.14. The number of methoxy groups -OCH3 is 1. The Bertz CT molecular complexity index is 467. The number of rotatable bonds is 7. The topological polar surface area (TPSA) is 42.3 Å². The number of hydrogen-bond donors (Lipinski definition) is 1. The fourth-order valence-corrected chi connectivity index (χ4v) is 1.82. The summed E-state index contributed by atoms with van der Waals surface area (Å²) >= 11 is 0. The van der Waals surface area contributed by atoms with Crippen molar-refractivity contribution in [1.29, 1.82) is 0 Å². The maximum atomic E-state index is 5.14. The van der Waals surface area contributed by atoms with Crippen molar-refractivity contribution in [3.8, 4) is 5.75 Å². The van der Waals surface area contributed by atoms with Crippen LogP contribution in [0.4, 0.5) is 5.69 Å².